The number of carbonyl (C=O) groups is 2. The van der Waals surface area contributed by atoms with Crippen molar-refractivity contribution in [3.8, 4) is 0 Å². The van der Waals surface area contributed by atoms with Crippen molar-refractivity contribution in [2.45, 2.75) is 200 Å². The number of carbonyl (C=O) groups excluding carboxylic acids is 2. The van der Waals surface area contributed by atoms with Crippen LogP contribution in [0.1, 0.15) is 194 Å². The number of unbranched alkanes of at least 4 members (excludes halogenated alkanes) is 25. The van der Waals surface area contributed by atoms with Gasteiger partial charge in [-0.2, -0.15) is 0 Å². The van der Waals surface area contributed by atoms with E-state index in [2.05, 4.69) is 24.5 Å². The molecule has 5 heteroatoms. The molecule has 0 saturated carbocycles. The van der Waals surface area contributed by atoms with Gasteiger partial charge in [0.05, 0.1) is 6.61 Å². The Kier molecular flexibility index (Phi) is 31.5. The molecule has 3 N–H and O–H groups in total. The highest BCUT2D eigenvalue weighted by Crippen LogP contribution is 2.14. The minimum absolute atomic E-state index is 0.130. The summed E-state index contributed by atoms with van der Waals surface area (Å²) in [6, 6.07) is -0.832. The van der Waals surface area contributed by atoms with Gasteiger partial charge >= 0.3 is 0 Å². The molecule has 0 bridgehead atoms. The van der Waals surface area contributed by atoms with Gasteiger partial charge in [-0.3, -0.25) is 9.59 Å². The summed E-state index contributed by atoms with van der Waals surface area (Å²) in [5.74, 6) is -0.398. The van der Waals surface area contributed by atoms with Crippen LogP contribution in [0.2, 0.25) is 0 Å². The van der Waals surface area contributed by atoms with Gasteiger partial charge in [-0.1, -0.05) is 174 Å². The highest BCUT2D eigenvalue weighted by molar-refractivity contribution is 5.87. The molecular weight excluding hydrogens is 496 g/mol. The third kappa shape index (κ3) is 28.4. The summed E-state index contributed by atoms with van der Waals surface area (Å²) in [7, 11) is 0. The number of aliphatic hydroxyl groups is 1. The third-order valence-electron chi connectivity index (χ3n) is 8.17. The first-order valence-electron chi connectivity index (χ1n) is 17.8. The predicted octanol–water partition coefficient (Wildman–Crippen LogP) is 9.54. The van der Waals surface area contributed by atoms with Crippen LogP contribution in [0.3, 0.4) is 0 Å². The molecule has 40 heavy (non-hydrogen) atoms. The van der Waals surface area contributed by atoms with Crippen molar-refractivity contribution < 1.29 is 14.7 Å². The number of rotatable bonds is 32. The van der Waals surface area contributed by atoms with E-state index in [1.54, 1.807) is 0 Å². The van der Waals surface area contributed by atoms with Crippen LogP contribution in [-0.2, 0) is 9.59 Å². The Bertz CT molecular complexity index is 541. The highest BCUT2D eigenvalue weighted by Gasteiger charge is 2.19. The van der Waals surface area contributed by atoms with E-state index in [-0.39, 0.29) is 18.4 Å². The molecule has 0 aliphatic heterocycles. The second-order valence-electron chi connectivity index (χ2n) is 12.2. The summed E-state index contributed by atoms with van der Waals surface area (Å²) in [5.41, 5.74) is 0. The number of aliphatic hydroxyl groups excluding tert-OH is 1. The molecule has 0 aromatic carbocycles. The van der Waals surface area contributed by atoms with Gasteiger partial charge in [0.25, 0.3) is 0 Å². The first-order chi connectivity index (χ1) is 19.7. The maximum atomic E-state index is 12.3. The van der Waals surface area contributed by atoms with Gasteiger partial charge in [0.2, 0.25) is 11.8 Å². The standard InChI is InChI=1S/C35H70N2O3/c1-3-5-7-9-11-13-15-17-18-19-20-22-24-26-28-30-34(39)37-33(32-38)35(40)36-31-29-27-25-23-21-16-14-12-10-8-6-4-2/h33,38H,3-32H2,1-2H3,(H,36,40)(H,37,39)/t33-/m1/s1. The van der Waals surface area contributed by atoms with Crippen molar-refractivity contribution in [1.82, 2.24) is 10.6 Å². The molecule has 0 aromatic rings. The molecule has 2 amide bonds. The Labute approximate surface area is 249 Å². The predicted molar refractivity (Wildman–Crippen MR) is 173 cm³/mol. The number of hydrogen-bond donors (Lipinski definition) is 3. The Morgan fingerprint density at radius 3 is 1.18 bits per heavy atom. The summed E-state index contributed by atoms with van der Waals surface area (Å²) < 4.78 is 0. The van der Waals surface area contributed by atoms with Crippen molar-refractivity contribution in [3.05, 3.63) is 0 Å². The summed E-state index contributed by atoms with van der Waals surface area (Å²) in [6.45, 7) is 4.79. The fraction of sp³-hybridized carbons (Fsp3) is 0.943. The number of amides is 2. The van der Waals surface area contributed by atoms with E-state index in [0.717, 1.165) is 25.7 Å². The zero-order valence-corrected chi connectivity index (χ0v) is 27.1. The normalized spacial score (nSPS) is 12.0. The molecule has 0 aliphatic carbocycles. The lowest BCUT2D eigenvalue weighted by Gasteiger charge is -2.16. The second kappa shape index (κ2) is 32.4. The largest absolute Gasteiger partial charge is 0.394 e. The van der Waals surface area contributed by atoms with Gasteiger partial charge in [-0.05, 0) is 12.8 Å². The monoisotopic (exact) mass is 567 g/mol. The van der Waals surface area contributed by atoms with E-state index in [4.69, 9.17) is 0 Å². The summed E-state index contributed by atoms with van der Waals surface area (Å²) in [5, 5.41) is 15.2. The van der Waals surface area contributed by atoms with Crippen molar-refractivity contribution in [3.63, 3.8) is 0 Å². The second-order valence-corrected chi connectivity index (χ2v) is 12.2. The van der Waals surface area contributed by atoms with Gasteiger partial charge in [0.15, 0.2) is 0 Å². The van der Waals surface area contributed by atoms with Gasteiger partial charge in [-0.25, -0.2) is 0 Å². The minimum Gasteiger partial charge on any atom is -0.394 e. The maximum Gasteiger partial charge on any atom is 0.244 e. The average Bonchev–Trinajstić information content (AvgIpc) is 2.96. The summed E-state index contributed by atoms with van der Waals surface area (Å²) in [4.78, 5) is 24.6. The average molecular weight is 567 g/mol. The third-order valence-corrected chi connectivity index (χ3v) is 8.17. The molecule has 0 rings (SSSR count). The topological polar surface area (TPSA) is 78.4 Å². The molecule has 238 valence electrons. The van der Waals surface area contributed by atoms with E-state index in [1.165, 1.54) is 148 Å². The van der Waals surface area contributed by atoms with Crippen LogP contribution in [0.4, 0.5) is 0 Å². The molecular formula is C35H70N2O3. The first kappa shape index (κ1) is 38.9. The van der Waals surface area contributed by atoms with Crippen LogP contribution in [0, 0.1) is 0 Å². The zero-order chi connectivity index (χ0) is 29.4. The Balaban J connectivity index is 3.53. The van der Waals surface area contributed by atoms with Gasteiger partial charge in [0, 0.05) is 13.0 Å². The Hall–Kier alpha value is -1.10. The van der Waals surface area contributed by atoms with E-state index >= 15 is 0 Å². The number of hydrogen-bond acceptors (Lipinski definition) is 3. The minimum atomic E-state index is -0.832. The molecule has 0 spiro atoms. The molecule has 0 heterocycles. The smallest absolute Gasteiger partial charge is 0.244 e. The highest BCUT2D eigenvalue weighted by atomic mass is 16.3. The van der Waals surface area contributed by atoms with Crippen LogP contribution in [0.15, 0.2) is 0 Å². The van der Waals surface area contributed by atoms with E-state index < -0.39 is 6.04 Å². The molecule has 5 nitrogen and oxygen atoms in total. The Morgan fingerprint density at radius 2 is 0.825 bits per heavy atom. The van der Waals surface area contributed by atoms with Crippen molar-refractivity contribution in [2.24, 2.45) is 0 Å². The van der Waals surface area contributed by atoms with Gasteiger partial charge in [0.1, 0.15) is 6.04 Å². The van der Waals surface area contributed by atoms with Crippen LogP contribution < -0.4 is 10.6 Å². The fourth-order valence-corrected chi connectivity index (χ4v) is 5.42. The molecule has 0 unspecified atom stereocenters. The molecule has 0 saturated heterocycles. The zero-order valence-electron chi connectivity index (χ0n) is 27.1. The van der Waals surface area contributed by atoms with E-state index in [9.17, 15) is 14.7 Å². The molecule has 1 atom stereocenters. The quantitative estimate of drug-likeness (QED) is 0.0709. The van der Waals surface area contributed by atoms with Crippen molar-refractivity contribution >= 4 is 11.8 Å². The first-order valence-corrected chi connectivity index (χ1v) is 17.8. The van der Waals surface area contributed by atoms with Gasteiger partial charge < -0.3 is 15.7 Å². The van der Waals surface area contributed by atoms with Crippen molar-refractivity contribution in [2.75, 3.05) is 13.2 Å². The lowest BCUT2D eigenvalue weighted by atomic mass is 10.0. The lowest BCUT2D eigenvalue weighted by Crippen LogP contribution is -2.49. The molecule has 0 aromatic heterocycles. The SMILES string of the molecule is CCCCCCCCCCCCCCCCCC(=O)N[C@H](CO)C(=O)NCCCCCCCCCCCCCC. The fourth-order valence-electron chi connectivity index (χ4n) is 5.42. The van der Waals surface area contributed by atoms with Crippen LogP contribution in [-0.4, -0.2) is 36.1 Å². The summed E-state index contributed by atoms with van der Waals surface area (Å²) >= 11 is 0. The number of nitrogens with one attached hydrogen (secondary N) is 2. The lowest BCUT2D eigenvalue weighted by molar-refractivity contribution is -0.130. The van der Waals surface area contributed by atoms with Crippen LogP contribution >= 0.6 is 0 Å². The molecule has 0 radical (unpaired) electrons. The van der Waals surface area contributed by atoms with E-state index in [1.807, 2.05) is 0 Å². The molecule has 0 fully saturated rings. The van der Waals surface area contributed by atoms with Crippen LogP contribution in [0.25, 0.3) is 0 Å². The van der Waals surface area contributed by atoms with Gasteiger partial charge in [-0.15, -0.1) is 0 Å². The van der Waals surface area contributed by atoms with E-state index in [0.29, 0.717) is 13.0 Å². The maximum absolute atomic E-state index is 12.3. The summed E-state index contributed by atoms with van der Waals surface area (Å²) in [6.07, 6.45) is 35.4. The van der Waals surface area contributed by atoms with Crippen LogP contribution in [0.5, 0.6) is 0 Å². The molecule has 0 aliphatic rings. The Morgan fingerprint density at radius 1 is 0.500 bits per heavy atom. The van der Waals surface area contributed by atoms with Crippen molar-refractivity contribution in [1.29, 1.82) is 0 Å².